The number of hydrogen-bond acceptors (Lipinski definition) is 6. The Morgan fingerprint density at radius 1 is 1.47 bits per heavy atom. The van der Waals surface area contributed by atoms with Gasteiger partial charge in [0.05, 0.1) is 4.21 Å². The number of hydrazine groups is 1. The molecule has 0 bridgehead atoms. The van der Waals surface area contributed by atoms with Crippen LogP contribution in [0.1, 0.15) is 5.69 Å². The molecule has 2 heterocycles. The first-order valence-electron chi connectivity index (χ1n) is 4.31. The molecule has 0 atom stereocenters. The van der Waals surface area contributed by atoms with Crippen molar-refractivity contribution in [1.29, 1.82) is 0 Å². The first kappa shape index (κ1) is 10.4. The molecule has 0 amide bonds. The van der Waals surface area contributed by atoms with E-state index in [1.807, 2.05) is 24.4 Å². The van der Waals surface area contributed by atoms with Crippen molar-refractivity contribution in [2.24, 2.45) is 5.84 Å². The van der Waals surface area contributed by atoms with Crippen LogP contribution in [0.2, 0.25) is 0 Å². The molecule has 0 saturated carbocycles. The molecule has 4 nitrogen and oxygen atoms in total. The summed E-state index contributed by atoms with van der Waals surface area (Å²) in [6.07, 6.45) is 0. The van der Waals surface area contributed by atoms with Gasteiger partial charge in [0.25, 0.3) is 0 Å². The number of aryl methyl sites for hydroxylation is 1. The predicted molar refractivity (Wildman–Crippen MR) is 63.0 cm³/mol. The zero-order chi connectivity index (χ0) is 10.7. The van der Waals surface area contributed by atoms with Crippen LogP contribution in [0.3, 0.4) is 0 Å². The van der Waals surface area contributed by atoms with Crippen molar-refractivity contribution in [3.05, 3.63) is 29.3 Å². The van der Waals surface area contributed by atoms with Crippen LogP contribution in [-0.4, -0.2) is 9.97 Å². The molecule has 0 aliphatic heterocycles. The van der Waals surface area contributed by atoms with Gasteiger partial charge in [-0.15, -0.1) is 11.3 Å². The van der Waals surface area contributed by atoms with E-state index in [-0.39, 0.29) is 0 Å². The minimum atomic E-state index is 0.453. The third kappa shape index (κ3) is 2.68. The van der Waals surface area contributed by atoms with E-state index in [2.05, 4.69) is 21.5 Å². The highest BCUT2D eigenvalue weighted by molar-refractivity contribution is 8.01. The molecule has 0 spiro atoms. The second kappa shape index (κ2) is 4.61. The number of nitrogens with two attached hydrogens (primary N) is 1. The Balaban J connectivity index is 2.24. The molecule has 2 rings (SSSR count). The molecular formula is C9H10N4S2. The maximum atomic E-state index is 5.28. The van der Waals surface area contributed by atoms with E-state index in [0.717, 1.165) is 10.7 Å². The lowest BCUT2D eigenvalue weighted by Gasteiger charge is -2.03. The highest BCUT2D eigenvalue weighted by Crippen LogP contribution is 2.30. The zero-order valence-electron chi connectivity index (χ0n) is 8.10. The standard InChI is InChI=1S/C9H10N4S2/c1-6-5-7(12-9(11-6)13-10)15-8-3-2-4-14-8/h2-5H,10H2,1H3,(H,11,12,13). The summed E-state index contributed by atoms with van der Waals surface area (Å²) in [5, 5.41) is 2.94. The third-order valence-electron chi connectivity index (χ3n) is 1.66. The maximum Gasteiger partial charge on any atom is 0.238 e. The Morgan fingerprint density at radius 2 is 2.33 bits per heavy atom. The van der Waals surface area contributed by atoms with Gasteiger partial charge in [-0.3, -0.25) is 5.43 Å². The quantitative estimate of drug-likeness (QED) is 0.488. The van der Waals surface area contributed by atoms with Crippen molar-refractivity contribution >= 4 is 29.0 Å². The van der Waals surface area contributed by atoms with Gasteiger partial charge in [-0.1, -0.05) is 17.8 Å². The summed E-state index contributed by atoms with van der Waals surface area (Å²) in [5.41, 5.74) is 3.36. The van der Waals surface area contributed by atoms with E-state index < -0.39 is 0 Å². The molecule has 0 aliphatic rings. The Kier molecular flexibility index (Phi) is 3.20. The number of nitrogens with zero attached hydrogens (tertiary/aromatic N) is 2. The van der Waals surface area contributed by atoms with Crippen molar-refractivity contribution in [1.82, 2.24) is 9.97 Å². The minimum absolute atomic E-state index is 0.453. The van der Waals surface area contributed by atoms with Crippen molar-refractivity contribution < 1.29 is 0 Å². The Bertz CT molecular complexity index is 441. The second-order valence-corrected chi connectivity index (χ2v) is 5.12. The highest BCUT2D eigenvalue weighted by Gasteiger charge is 2.03. The topological polar surface area (TPSA) is 63.8 Å². The summed E-state index contributed by atoms with van der Waals surface area (Å²) < 4.78 is 1.20. The molecule has 2 aromatic rings. The molecule has 0 fully saturated rings. The van der Waals surface area contributed by atoms with Gasteiger partial charge in [0.15, 0.2) is 0 Å². The van der Waals surface area contributed by atoms with Crippen LogP contribution in [0.15, 0.2) is 32.8 Å². The first-order chi connectivity index (χ1) is 7.28. The maximum absolute atomic E-state index is 5.28. The molecular weight excluding hydrogens is 228 g/mol. The fourth-order valence-corrected chi connectivity index (χ4v) is 2.86. The van der Waals surface area contributed by atoms with Gasteiger partial charge in [-0.2, -0.15) is 0 Å². The fourth-order valence-electron chi connectivity index (χ4n) is 1.08. The molecule has 0 aromatic carbocycles. The minimum Gasteiger partial charge on any atom is -0.292 e. The molecule has 0 saturated heterocycles. The fraction of sp³-hybridized carbons (Fsp3) is 0.111. The SMILES string of the molecule is Cc1cc(Sc2cccs2)nc(NN)n1. The van der Waals surface area contributed by atoms with Crippen LogP contribution in [0, 0.1) is 6.92 Å². The summed E-state index contributed by atoms with van der Waals surface area (Å²) in [4.78, 5) is 8.37. The van der Waals surface area contributed by atoms with Crippen LogP contribution in [0.5, 0.6) is 0 Å². The van der Waals surface area contributed by atoms with E-state index in [0.29, 0.717) is 5.95 Å². The third-order valence-corrected chi connectivity index (χ3v) is 3.62. The first-order valence-corrected chi connectivity index (χ1v) is 6.01. The van der Waals surface area contributed by atoms with Gasteiger partial charge in [0.2, 0.25) is 5.95 Å². The molecule has 3 N–H and O–H groups in total. The van der Waals surface area contributed by atoms with Gasteiger partial charge in [-0.05, 0) is 24.4 Å². The number of aromatic nitrogens is 2. The van der Waals surface area contributed by atoms with Gasteiger partial charge in [0.1, 0.15) is 5.03 Å². The number of nitrogen functional groups attached to an aromatic ring is 1. The van der Waals surface area contributed by atoms with Crippen LogP contribution in [0.25, 0.3) is 0 Å². The second-order valence-electron chi connectivity index (χ2n) is 2.85. The summed E-state index contributed by atoms with van der Waals surface area (Å²) in [6.45, 7) is 1.92. The van der Waals surface area contributed by atoms with Crippen LogP contribution >= 0.6 is 23.1 Å². The lowest BCUT2D eigenvalue weighted by molar-refractivity contribution is 0.995. The van der Waals surface area contributed by atoms with Crippen LogP contribution in [0.4, 0.5) is 5.95 Å². The molecule has 78 valence electrons. The lowest BCUT2D eigenvalue weighted by atomic mass is 10.5. The highest BCUT2D eigenvalue weighted by atomic mass is 32.2. The monoisotopic (exact) mass is 238 g/mol. The van der Waals surface area contributed by atoms with Crippen molar-refractivity contribution in [2.45, 2.75) is 16.2 Å². The van der Waals surface area contributed by atoms with Crippen molar-refractivity contribution in [2.75, 3.05) is 5.43 Å². The lowest BCUT2D eigenvalue weighted by Crippen LogP contribution is -2.11. The summed E-state index contributed by atoms with van der Waals surface area (Å²) in [7, 11) is 0. The van der Waals surface area contributed by atoms with E-state index in [1.165, 1.54) is 4.21 Å². The van der Waals surface area contributed by atoms with E-state index >= 15 is 0 Å². The van der Waals surface area contributed by atoms with E-state index in [4.69, 9.17) is 5.84 Å². The summed E-state index contributed by atoms with van der Waals surface area (Å²) in [5.74, 6) is 5.73. The Morgan fingerprint density at radius 3 is 3.00 bits per heavy atom. The van der Waals surface area contributed by atoms with Crippen molar-refractivity contribution in [3.8, 4) is 0 Å². The van der Waals surface area contributed by atoms with Crippen LogP contribution < -0.4 is 11.3 Å². The average molecular weight is 238 g/mol. The number of thiophene rings is 1. The predicted octanol–water partition coefficient (Wildman–Crippen LogP) is 2.28. The Hall–Kier alpha value is -1.11. The average Bonchev–Trinajstić information content (AvgIpc) is 2.69. The molecule has 0 unspecified atom stereocenters. The largest absolute Gasteiger partial charge is 0.292 e. The number of nitrogens with one attached hydrogen (secondary N) is 1. The van der Waals surface area contributed by atoms with Crippen LogP contribution in [-0.2, 0) is 0 Å². The van der Waals surface area contributed by atoms with Gasteiger partial charge < -0.3 is 0 Å². The number of hydrogen-bond donors (Lipinski definition) is 2. The zero-order valence-corrected chi connectivity index (χ0v) is 9.73. The van der Waals surface area contributed by atoms with Gasteiger partial charge in [0, 0.05) is 5.69 Å². The Labute approximate surface area is 95.9 Å². The van der Waals surface area contributed by atoms with Crippen molar-refractivity contribution in [3.63, 3.8) is 0 Å². The summed E-state index contributed by atoms with van der Waals surface area (Å²) >= 11 is 3.30. The molecule has 6 heteroatoms. The smallest absolute Gasteiger partial charge is 0.238 e. The number of anilines is 1. The van der Waals surface area contributed by atoms with E-state index in [9.17, 15) is 0 Å². The normalized spacial score (nSPS) is 10.3. The molecule has 15 heavy (non-hydrogen) atoms. The molecule has 2 aromatic heterocycles. The molecule has 0 aliphatic carbocycles. The number of rotatable bonds is 3. The van der Waals surface area contributed by atoms with Gasteiger partial charge >= 0.3 is 0 Å². The van der Waals surface area contributed by atoms with Gasteiger partial charge in [-0.25, -0.2) is 15.8 Å². The summed E-state index contributed by atoms with van der Waals surface area (Å²) in [6, 6.07) is 6.01. The molecule has 0 radical (unpaired) electrons. The van der Waals surface area contributed by atoms with E-state index in [1.54, 1.807) is 23.1 Å².